The quantitative estimate of drug-likeness (QED) is 0.712. The van der Waals surface area contributed by atoms with Gasteiger partial charge in [0.1, 0.15) is 5.76 Å². The summed E-state index contributed by atoms with van der Waals surface area (Å²) in [6.45, 7) is 1.79. The van der Waals surface area contributed by atoms with Crippen LogP contribution in [-0.2, 0) is 4.74 Å². The maximum atomic E-state index is 11.4. The van der Waals surface area contributed by atoms with Crippen molar-refractivity contribution < 1.29 is 13.9 Å². The van der Waals surface area contributed by atoms with Crippen LogP contribution in [0.3, 0.4) is 0 Å². The van der Waals surface area contributed by atoms with Crippen LogP contribution in [0.4, 0.5) is 0 Å². The molecule has 0 fully saturated rings. The summed E-state index contributed by atoms with van der Waals surface area (Å²) in [4.78, 5) is 15.7. The summed E-state index contributed by atoms with van der Waals surface area (Å²) >= 11 is 0. The number of aromatic nitrogens is 3. The lowest BCUT2D eigenvalue weighted by molar-refractivity contribution is 0.0563. The van der Waals surface area contributed by atoms with Crippen LogP contribution in [0.2, 0.25) is 0 Å². The number of carbonyl (C=O) groups is 1. The van der Waals surface area contributed by atoms with E-state index in [0.717, 1.165) is 22.2 Å². The van der Waals surface area contributed by atoms with E-state index >= 15 is 0 Å². The molecule has 0 spiro atoms. The van der Waals surface area contributed by atoms with Crippen LogP contribution in [0.15, 0.2) is 28.9 Å². The van der Waals surface area contributed by atoms with Gasteiger partial charge in [0.25, 0.3) is 0 Å². The Hall–Kier alpha value is -2.63. The zero-order valence-electron chi connectivity index (χ0n) is 10.4. The maximum Gasteiger partial charge on any atom is 0.373 e. The average Bonchev–Trinajstić information content (AvgIpc) is 3.03. The van der Waals surface area contributed by atoms with Crippen LogP contribution in [0.5, 0.6) is 0 Å². The minimum absolute atomic E-state index is 0.183. The van der Waals surface area contributed by atoms with Gasteiger partial charge in [-0.15, -0.1) is 0 Å². The minimum Gasteiger partial charge on any atom is -0.463 e. The van der Waals surface area contributed by atoms with E-state index in [1.165, 1.54) is 7.11 Å². The molecular formula is C13H11N3O3. The van der Waals surface area contributed by atoms with Gasteiger partial charge in [0.2, 0.25) is 5.76 Å². The smallest absolute Gasteiger partial charge is 0.373 e. The van der Waals surface area contributed by atoms with E-state index in [4.69, 9.17) is 4.42 Å². The molecule has 0 aliphatic carbocycles. The number of aromatic amines is 1. The van der Waals surface area contributed by atoms with Gasteiger partial charge in [0, 0.05) is 22.7 Å². The van der Waals surface area contributed by atoms with Crippen molar-refractivity contribution in [3.8, 4) is 11.1 Å². The highest BCUT2D eigenvalue weighted by molar-refractivity contribution is 5.89. The number of aryl methyl sites for hydroxylation is 1. The van der Waals surface area contributed by atoms with Gasteiger partial charge in [0.15, 0.2) is 5.65 Å². The number of methoxy groups -OCH3 is 1. The van der Waals surface area contributed by atoms with Crippen molar-refractivity contribution >= 4 is 17.0 Å². The molecule has 0 radical (unpaired) electrons. The molecular weight excluding hydrogens is 246 g/mol. The molecule has 0 atom stereocenters. The van der Waals surface area contributed by atoms with E-state index < -0.39 is 5.97 Å². The lowest BCUT2D eigenvalue weighted by Gasteiger charge is -1.97. The molecule has 0 aliphatic rings. The Balaban J connectivity index is 2.10. The number of H-pyrrole nitrogens is 1. The molecule has 1 N–H and O–H groups in total. The van der Waals surface area contributed by atoms with Gasteiger partial charge in [-0.05, 0) is 19.1 Å². The SMILES string of the molecule is COC(=O)c1cc(-c2cnc3[nH]ncc3c2)c(C)o1. The summed E-state index contributed by atoms with van der Waals surface area (Å²) in [5.41, 5.74) is 2.40. The Bertz CT molecular complexity index is 757. The molecule has 6 heteroatoms. The monoisotopic (exact) mass is 257 g/mol. The van der Waals surface area contributed by atoms with Crippen LogP contribution in [-0.4, -0.2) is 28.3 Å². The fourth-order valence-corrected chi connectivity index (χ4v) is 1.95. The van der Waals surface area contributed by atoms with Crippen molar-refractivity contribution in [2.75, 3.05) is 7.11 Å². The first-order valence-electron chi connectivity index (χ1n) is 5.67. The number of hydrogen-bond donors (Lipinski definition) is 1. The van der Waals surface area contributed by atoms with Crippen molar-refractivity contribution in [3.63, 3.8) is 0 Å². The second kappa shape index (κ2) is 4.24. The van der Waals surface area contributed by atoms with Crippen LogP contribution in [0.1, 0.15) is 16.3 Å². The van der Waals surface area contributed by atoms with Gasteiger partial charge >= 0.3 is 5.97 Å². The summed E-state index contributed by atoms with van der Waals surface area (Å²) in [7, 11) is 1.32. The normalized spacial score (nSPS) is 10.8. The van der Waals surface area contributed by atoms with Gasteiger partial charge < -0.3 is 9.15 Å². The Morgan fingerprint density at radius 3 is 3.00 bits per heavy atom. The van der Waals surface area contributed by atoms with Gasteiger partial charge in [-0.3, -0.25) is 5.10 Å². The van der Waals surface area contributed by atoms with Crippen molar-refractivity contribution in [1.82, 2.24) is 15.2 Å². The molecule has 3 aromatic rings. The third-order valence-electron chi connectivity index (χ3n) is 2.91. The molecule has 0 aliphatic heterocycles. The first kappa shape index (κ1) is 11.5. The lowest BCUT2D eigenvalue weighted by atomic mass is 10.1. The summed E-state index contributed by atoms with van der Waals surface area (Å²) < 4.78 is 10.0. The lowest BCUT2D eigenvalue weighted by Crippen LogP contribution is -1.98. The Morgan fingerprint density at radius 2 is 2.21 bits per heavy atom. The molecule has 0 amide bonds. The predicted molar refractivity (Wildman–Crippen MR) is 67.7 cm³/mol. The zero-order chi connectivity index (χ0) is 13.4. The topological polar surface area (TPSA) is 81.0 Å². The van der Waals surface area contributed by atoms with Crippen molar-refractivity contribution in [2.45, 2.75) is 6.92 Å². The highest BCUT2D eigenvalue weighted by atomic mass is 16.5. The van der Waals surface area contributed by atoms with Gasteiger partial charge in [-0.1, -0.05) is 0 Å². The second-order valence-corrected chi connectivity index (χ2v) is 4.10. The van der Waals surface area contributed by atoms with Crippen LogP contribution >= 0.6 is 0 Å². The first-order valence-corrected chi connectivity index (χ1v) is 5.67. The number of nitrogens with one attached hydrogen (secondary N) is 1. The summed E-state index contributed by atoms with van der Waals surface area (Å²) in [5, 5.41) is 7.61. The third kappa shape index (κ3) is 1.87. The fraction of sp³-hybridized carbons (Fsp3) is 0.154. The van der Waals surface area contributed by atoms with Crippen molar-refractivity contribution in [2.24, 2.45) is 0 Å². The molecule has 0 saturated heterocycles. The molecule has 96 valence electrons. The predicted octanol–water partition coefficient (Wildman–Crippen LogP) is 2.31. The van der Waals surface area contributed by atoms with E-state index in [0.29, 0.717) is 5.76 Å². The number of hydrogen-bond acceptors (Lipinski definition) is 5. The Morgan fingerprint density at radius 1 is 1.37 bits per heavy atom. The van der Waals surface area contributed by atoms with Crippen LogP contribution in [0, 0.1) is 6.92 Å². The third-order valence-corrected chi connectivity index (χ3v) is 2.91. The number of rotatable bonds is 2. The standard InChI is InChI=1S/C13H11N3O3/c1-7-10(4-11(19-7)13(17)18-2)8-3-9-6-15-16-12(9)14-5-8/h3-6H,1-2H3,(H,14,15,16). The Kier molecular flexibility index (Phi) is 2.56. The second-order valence-electron chi connectivity index (χ2n) is 4.10. The average molecular weight is 257 g/mol. The molecule has 6 nitrogen and oxygen atoms in total. The largest absolute Gasteiger partial charge is 0.463 e. The Labute approximate surface area is 108 Å². The van der Waals surface area contributed by atoms with Crippen molar-refractivity contribution in [1.29, 1.82) is 0 Å². The molecule has 0 bridgehead atoms. The molecule has 3 rings (SSSR count). The summed E-state index contributed by atoms with van der Waals surface area (Å²) in [6.07, 6.45) is 3.40. The number of esters is 1. The first-order chi connectivity index (χ1) is 9.19. The van der Waals surface area contributed by atoms with Crippen LogP contribution < -0.4 is 0 Å². The van der Waals surface area contributed by atoms with E-state index in [9.17, 15) is 4.79 Å². The van der Waals surface area contributed by atoms with Crippen LogP contribution in [0.25, 0.3) is 22.2 Å². The number of pyridine rings is 1. The highest BCUT2D eigenvalue weighted by Crippen LogP contribution is 2.28. The summed E-state index contributed by atoms with van der Waals surface area (Å²) in [5.74, 6) is 0.332. The maximum absolute atomic E-state index is 11.4. The van der Waals surface area contributed by atoms with Gasteiger partial charge in [0.05, 0.1) is 13.3 Å². The number of ether oxygens (including phenoxy) is 1. The molecule has 0 aromatic carbocycles. The molecule has 0 unspecified atom stereocenters. The summed E-state index contributed by atoms with van der Waals surface area (Å²) in [6, 6.07) is 3.59. The van der Waals surface area contributed by atoms with E-state index in [1.807, 2.05) is 6.07 Å². The van der Waals surface area contributed by atoms with Crippen molar-refractivity contribution in [3.05, 3.63) is 36.0 Å². The van der Waals surface area contributed by atoms with E-state index in [-0.39, 0.29) is 5.76 Å². The van der Waals surface area contributed by atoms with E-state index in [1.54, 1.807) is 25.4 Å². The molecule has 19 heavy (non-hydrogen) atoms. The zero-order valence-corrected chi connectivity index (χ0v) is 10.4. The molecule has 3 heterocycles. The molecule has 0 saturated carbocycles. The number of carbonyl (C=O) groups excluding carboxylic acids is 1. The van der Waals surface area contributed by atoms with E-state index in [2.05, 4.69) is 19.9 Å². The minimum atomic E-state index is -0.494. The van der Waals surface area contributed by atoms with Gasteiger partial charge in [-0.2, -0.15) is 5.10 Å². The molecule has 3 aromatic heterocycles. The van der Waals surface area contributed by atoms with Gasteiger partial charge in [-0.25, -0.2) is 9.78 Å². The number of nitrogens with zero attached hydrogens (tertiary/aromatic N) is 2. The number of furan rings is 1. The fourth-order valence-electron chi connectivity index (χ4n) is 1.95. The highest BCUT2D eigenvalue weighted by Gasteiger charge is 2.16. The number of fused-ring (bicyclic) bond motifs is 1.